The van der Waals surface area contributed by atoms with Crippen LogP contribution in [0.2, 0.25) is 5.02 Å². The maximum atomic E-state index is 13.4. The second kappa shape index (κ2) is 9.66. The molecule has 0 spiro atoms. The SMILES string of the molecule is C=C1N(CCc2noc(-c3cccnc3)n2)C[C@H](c2cccc(C(F)(F)F)c2)N1c1ccc(Cl)cc1. The van der Waals surface area contributed by atoms with E-state index in [4.69, 9.17) is 16.1 Å². The van der Waals surface area contributed by atoms with Crippen molar-refractivity contribution >= 4 is 17.3 Å². The number of rotatable bonds is 6. The number of alkyl halides is 3. The minimum atomic E-state index is -4.43. The van der Waals surface area contributed by atoms with Gasteiger partial charge in [-0.3, -0.25) is 4.98 Å². The summed E-state index contributed by atoms with van der Waals surface area (Å²) in [5.74, 6) is 1.56. The lowest BCUT2D eigenvalue weighted by Crippen LogP contribution is -2.24. The van der Waals surface area contributed by atoms with Crippen molar-refractivity contribution in [3.8, 4) is 11.5 Å². The van der Waals surface area contributed by atoms with Crippen molar-refractivity contribution in [2.24, 2.45) is 0 Å². The minimum Gasteiger partial charge on any atom is -0.356 e. The molecule has 3 heterocycles. The van der Waals surface area contributed by atoms with Gasteiger partial charge in [0.1, 0.15) is 5.82 Å². The lowest BCUT2D eigenvalue weighted by Gasteiger charge is -2.27. The molecule has 0 unspecified atom stereocenters. The van der Waals surface area contributed by atoms with Crippen molar-refractivity contribution in [1.29, 1.82) is 0 Å². The summed E-state index contributed by atoms with van der Waals surface area (Å²) in [5.41, 5.74) is 1.37. The molecule has 6 nitrogen and oxygen atoms in total. The summed E-state index contributed by atoms with van der Waals surface area (Å²) in [6.07, 6.45) is -0.663. The summed E-state index contributed by atoms with van der Waals surface area (Å²) >= 11 is 6.07. The zero-order valence-corrected chi connectivity index (χ0v) is 19.7. The fourth-order valence-electron chi connectivity index (χ4n) is 4.25. The molecular formula is C26H21ClF3N5O. The van der Waals surface area contributed by atoms with Gasteiger partial charge in [0.05, 0.1) is 17.2 Å². The van der Waals surface area contributed by atoms with Gasteiger partial charge >= 0.3 is 6.18 Å². The summed E-state index contributed by atoms with van der Waals surface area (Å²) in [6, 6.07) is 15.8. The highest BCUT2D eigenvalue weighted by molar-refractivity contribution is 6.30. The monoisotopic (exact) mass is 511 g/mol. The van der Waals surface area contributed by atoms with E-state index in [9.17, 15) is 13.2 Å². The zero-order chi connectivity index (χ0) is 25.3. The van der Waals surface area contributed by atoms with Crippen LogP contribution in [0, 0.1) is 0 Å². The third-order valence-electron chi connectivity index (χ3n) is 6.03. The summed E-state index contributed by atoms with van der Waals surface area (Å²) in [7, 11) is 0. The molecule has 4 aromatic rings. The highest BCUT2D eigenvalue weighted by Crippen LogP contribution is 2.40. The van der Waals surface area contributed by atoms with Gasteiger partial charge in [-0.1, -0.05) is 35.5 Å². The third kappa shape index (κ3) is 4.92. The number of anilines is 1. The van der Waals surface area contributed by atoms with Gasteiger partial charge in [0, 0.05) is 42.6 Å². The molecule has 0 N–H and O–H groups in total. The predicted octanol–water partition coefficient (Wildman–Crippen LogP) is 6.38. The summed E-state index contributed by atoms with van der Waals surface area (Å²) < 4.78 is 45.6. The fourth-order valence-corrected chi connectivity index (χ4v) is 4.38. The van der Waals surface area contributed by atoms with Gasteiger partial charge in [-0.2, -0.15) is 18.2 Å². The molecule has 36 heavy (non-hydrogen) atoms. The van der Waals surface area contributed by atoms with Crippen LogP contribution < -0.4 is 4.90 Å². The zero-order valence-electron chi connectivity index (χ0n) is 19.0. The standard InChI is InChI=1S/C26H21ClF3N5O/c1-17-34(13-11-24-32-25(36-33-24)19-5-3-12-31-15-19)16-23(35(17)22-9-7-21(27)8-10-22)18-4-2-6-20(14-18)26(28,29)30/h2-10,12,14-15,23H,1,11,13,16H2/t23-/m1/s1. The Morgan fingerprint density at radius 2 is 1.89 bits per heavy atom. The highest BCUT2D eigenvalue weighted by atomic mass is 35.5. The van der Waals surface area contributed by atoms with Crippen molar-refractivity contribution in [3.63, 3.8) is 0 Å². The van der Waals surface area contributed by atoms with Gasteiger partial charge in [0.2, 0.25) is 0 Å². The van der Waals surface area contributed by atoms with E-state index in [0.717, 1.165) is 17.3 Å². The fraction of sp³-hybridized carbons (Fsp3) is 0.192. The van der Waals surface area contributed by atoms with Crippen LogP contribution in [0.25, 0.3) is 11.5 Å². The summed E-state index contributed by atoms with van der Waals surface area (Å²) in [4.78, 5) is 12.4. The number of benzene rings is 2. The average molecular weight is 512 g/mol. The Bertz CT molecular complexity index is 1360. The number of nitrogens with zero attached hydrogens (tertiary/aromatic N) is 5. The maximum absolute atomic E-state index is 13.4. The third-order valence-corrected chi connectivity index (χ3v) is 6.29. The Morgan fingerprint density at radius 3 is 2.61 bits per heavy atom. The van der Waals surface area contributed by atoms with E-state index in [1.807, 2.05) is 28.0 Å². The van der Waals surface area contributed by atoms with E-state index in [1.54, 1.807) is 36.7 Å². The molecule has 1 fully saturated rings. The normalized spacial score (nSPS) is 16.1. The molecule has 2 aromatic heterocycles. The molecule has 2 aromatic carbocycles. The Labute approximate surface area is 210 Å². The van der Waals surface area contributed by atoms with Gasteiger partial charge in [-0.25, -0.2) is 0 Å². The van der Waals surface area contributed by atoms with Gasteiger partial charge in [-0.05, 0) is 54.1 Å². The Morgan fingerprint density at radius 1 is 1.08 bits per heavy atom. The van der Waals surface area contributed by atoms with Crippen LogP contribution in [-0.4, -0.2) is 33.1 Å². The first-order chi connectivity index (χ1) is 17.3. The van der Waals surface area contributed by atoms with Crippen molar-refractivity contribution in [3.05, 3.63) is 107 Å². The van der Waals surface area contributed by atoms with Crippen LogP contribution in [0.3, 0.4) is 0 Å². The second-order valence-electron chi connectivity index (χ2n) is 8.36. The van der Waals surface area contributed by atoms with Gasteiger partial charge in [-0.15, -0.1) is 0 Å². The van der Waals surface area contributed by atoms with Crippen molar-refractivity contribution < 1.29 is 17.7 Å². The van der Waals surface area contributed by atoms with E-state index < -0.39 is 11.7 Å². The average Bonchev–Trinajstić information content (AvgIpc) is 3.48. The molecule has 1 atom stereocenters. The lowest BCUT2D eigenvalue weighted by molar-refractivity contribution is -0.137. The smallest absolute Gasteiger partial charge is 0.356 e. The number of pyridine rings is 1. The van der Waals surface area contributed by atoms with Gasteiger partial charge in [0.25, 0.3) is 5.89 Å². The molecule has 1 saturated heterocycles. The number of halogens is 4. The lowest BCUT2D eigenvalue weighted by atomic mass is 10.0. The largest absolute Gasteiger partial charge is 0.416 e. The second-order valence-corrected chi connectivity index (χ2v) is 8.79. The quantitative estimate of drug-likeness (QED) is 0.299. The van der Waals surface area contributed by atoms with Crippen molar-refractivity contribution in [2.45, 2.75) is 18.6 Å². The Balaban J connectivity index is 1.39. The molecule has 0 amide bonds. The van der Waals surface area contributed by atoms with E-state index in [0.29, 0.717) is 47.6 Å². The van der Waals surface area contributed by atoms with Crippen molar-refractivity contribution in [2.75, 3.05) is 18.0 Å². The van der Waals surface area contributed by atoms with E-state index in [1.165, 1.54) is 12.1 Å². The summed E-state index contributed by atoms with van der Waals surface area (Å²) in [6.45, 7) is 5.20. The first-order valence-electron chi connectivity index (χ1n) is 11.2. The Kier molecular flexibility index (Phi) is 6.40. The van der Waals surface area contributed by atoms with E-state index in [2.05, 4.69) is 21.7 Å². The molecular weight excluding hydrogens is 491 g/mol. The molecule has 0 aliphatic carbocycles. The minimum absolute atomic E-state index is 0.378. The van der Waals surface area contributed by atoms with Crippen LogP contribution in [0.5, 0.6) is 0 Å². The van der Waals surface area contributed by atoms with Crippen LogP contribution in [0.15, 0.2) is 90.0 Å². The highest BCUT2D eigenvalue weighted by Gasteiger charge is 2.37. The van der Waals surface area contributed by atoms with Crippen LogP contribution in [0.1, 0.15) is 23.0 Å². The number of hydrogen-bond donors (Lipinski definition) is 0. The molecule has 0 radical (unpaired) electrons. The number of hydrogen-bond acceptors (Lipinski definition) is 6. The van der Waals surface area contributed by atoms with Crippen LogP contribution in [0.4, 0.5) is 18.9 Å². The van der Waals surface area contributed by atoms with Gasteiger partial charge < -0.3 is 14.3 Å². The molecule has 184 valence electrons. The van der Waals surface area contributed by atoms with E-state index in [-0.39, 0.29) is 6.04 Å². The van der Waals surface area contributed by atoms with Gasteiger partial charge in [0.15, 0.2) is 5.82 Å². The predicted molar refractivity (Wildman–Crippen MR) is 130 cm³/mol. The van der Waals surface area contributed by atoms with Crippen molar-refractivity contribution in [1.82, 2.24) is 20.0 Å². The van der Waals surface area contributed by atoms with Crippen LogP contribution >= 0.6 is 11.6 Å². The molecule has 0 bridgehead atoms. The molecule has 1 aliphatic heterocycles. The Hall–Kier alpha value is -3.85. The van der Waals surface area contributed by atoms with Crippen LogP contribution in [-0.2, 0) is 12.6 Å². The molecule has 1 aliphatic rings. The topological polar surface area (TPSA) is 58.3 Å². The number of aromatic nitrogens is 3. The molecule has 5 rings (SSSR count). The molecule has 0 saturated carbocycles. The maximum Gasteiger partial charge on any atom is 0.416 e. The first-order valence-corrected chi connectivity index (χ1v) is 11.6. The first kappa shape index (κ1) is 23.9. The summed E-state index contributed by atoms with van der Waals surface area (Å²) in [5, 5.41) is 4.62. The molecule has 10 heteroatoms. The van der Waals surface area contributed by atoms with E-state index >= 15 is 0 Å².